The number of allylic oxidation sites excluding steroid dienone is 2. The molecule has 1 rings (SSSR count). The standard InChI is InChI=1S/C8N5/c9-1-5-6(2-10)8(4-12)13-7(5)3-11/q-1. The number of aliphatic imine (C=N–C) groups is 1. The summed E-state index contributed by atoms with van der Waals surface area (Å²) in [6.45, 7) is 0. The van der Waals surface area contributed by atoms with Crippen molar-refractivity contribution in [3.8, 4) is 18.2 Å². The Bertz CT molecular complexity index is 494. The maximum Gasteiger partial charge on any atom is 0.161 e. The van der Waals surface area contributed by atoms with E-state index < -0.39 is 0 Å². The maximum atomic E-state index is 8.57. The van der Waals surface area contributed by atoms with Crippen molar-refractivity contribution < 1.29 is 0 Å². The highest BCUT2D eigenvalue weighted by atomic mass is 14.8. The topological polar surface area (TPSA) is 106 Å². The molecule has 0 radical (unpaired) electrons. The molecule has 0 atom stereocenters. The van der Waals surface area contributed by atoms with E-state index in [1.54, 1.807) is 24.1 Å². The Morgan fingerprint density at radius 2 is 1.62 bits per heavy atom. The molecule has 0 saturated heterocycles. The van der Waals surface area contributed by atoms with Gasteiger partial charge in [-0.25, -0.2) is 10.9 Å². The van der Waals surface area contributed by atoms with Crippen molar-refractivity contribution in [1.29, 1.82) is 15.8 Å². The van der Waals surface area contributed by atoms with Crippen molar-refractivity contribution in [1.82, 2.24) is 0 Å². The van der Waals surface area contributed by atoms with Crippen LogP contribution in [-0.2, 0) is 0 Å². The summed E-state index contributed by atoms with van der Waals surface area (Å²) in [5.74, 6) is 1.64. The molecule has 0 unspecified atom stereocenters. The second-order valence-corrected chi connectivity index (χ2v) is 2.01. The van der Waals surface area contributed by atoms with Gasteiger partial charge in [-0.15, -0.1) is 0 Å². The van der Waals surface area contributed by atoms with E-state index in [2.05, 4.69) is 4.99 Å². The fourth-order valence-corrected chi connectivity index (χ4v) is 0.840. The number of nitriles is 3. The smallest absolute Gasteiger partial charge is 0.161 e. The summed E-state index contributed by atoms with van der Waals surface area (Å²) in [5.41, 5.74) is -0.589. The summed E-state index contributed by atoms with van der Waals surface area (Å²) < 4.78 is 0. The van der Waals surface area contributed by atoms with Gasteiger partial charge in [0.2, 0.25) is 0 Å². The van der Waals surface area contributed by atoms with Crippen molar-refractivity contribution in [3.63, 3.8) is 0 Å². The first-order valence-corrected chi connectivity index (χ1v) is 3.09. The Hall–Kier alpha value is -2.67. The Kier molecular flexibility index (Phi) is 2.04. The van der Waals surface area contributed by atoms with E-state index in [-0.39, 0.29) is 22.6 Å². The van der Waals surface area contributed by atoms with E-state index in [1.165, 1.54) is 0 Å². The van der Waals surface area contributed by atoms with Crippen LogP contribution in [0.15, 0.2) is 21.8 Å². The maximum absolute atomic E-state index is 8.57. The Morgan fingerprint density at radius 1 is 1.00 bits per heavy atom. The van der Waals surface area contributed by atoms with Gasteiger partial charge < -0.3 is 5.41 Å². The van der Waals surface area contributed by atoms with E-state index in [1.807, 2.05) is 0 Å². The van der Waals surface area contributed by atoms with Gasteiger partial charge in [0.15, 0.2) is 5.71 Å². The third kappa shape index (κ3) is 1.10. The van der Waals surface area contributed by atoms with Crippen LogP contribution in [0.2, 0.25) is 0 Å². The minimum atomic E-state index is -0.171. The van der Waals surface area contributed by atoms with Gasteiger partial charge >= 0.3 is 0 Å². The van der Waals surface area contributed by atoms with E-state index in [9.17, 15) is 0 Å². The molecule has 1 aliphatic rings. The van der Waals surface area contributed by atoms with Crippen LogP contribution in [-0.4, -0.2) is 11.6 Å². The van der Waals surface area contributed by atoms with Crippen LogP contribution in [0.5, 0.6) is 0 Å². The van der Waals surface area contributed by atoms with Crippen LogP contribution < -0.4 is 0 Å². The minimum Gasteiger partial charge on any atom is -0.761 e. The first-order chi connectivity index (χ1) is 6.28. The molecule has 13 heavy (non-hydrogen) atoms. The molecule has 0 bridgehead atoms. The highest BCUT2D eigenvalue weighted by Gasteiger charge is 2.22. The fourth-order valence-electron chi connectivity index (χ4n) is 0.840. The molecule has 0 aromatic heterocycles. The van der Waals surface area contributed by atoms with Gasteiger partial charge in [-0.2, -0.15) is 15.8 Å². The highest BCUT2D eigenvalue weighted by molar-refractivity contribution is 6.18. The average molecular weight is 166 g/mol. The molecule has 1 aliphatic heterocycles. The van der Waals surface area contributed by atoms with Gasteiger partial charge in [0.25, 0.3) is 0 Å². The number of nitrogens with zero attached hydrogens (tertiary/aromatic N) is 5. The Balaban J connectivity index is 3.52. The summed E-state index contributed by atoms with van der Waals surface area (Å²) in [4.78, 5) is 3.52. The normalized spacial score (nSPS) is 13.9. The number of rotatable bonds is 0. The number of hydrogen-bond donors (Lipinski definition) is 0. The van der Waals surface area contributed by atoms with Crippen molar-refractivity contribution in [3.05, 3.63) is 22.3 Å². The summed E-state index contributed by atoms with van der Waals surface area (Å²) >= 11 is 0. The molecular formula is C8N5-. The Morgan fingerprint density at radius 3 is 2.00 bits per heavy atom. The molecule has 0 fully saturated rings. The van der Waals surface area contributed by atoms with Crippen molar-refractivity contribution >= 4 is 11.6 Å². The van der Waals surface area contributed by atoms with Crippen LogP contribution in [0, 0.1) is 34.0 Å². The zero-order valence-electron chi connectivity index (χ0n) is 6.24. The van der Waals surface area contributed by atoms with Crippen LogP contribution in [0.1, 0.15) is 0 Å². The molecule has 58 valence electrons. The summed E-state index contributed by atoms with van der Waals surface area (Å²) in [7, 11) is 0. The molecule has 1 heterocycles. The third-order valence-electron chi connectivity index (χ3n) is 1.38. The van der Waals surface area contributed by atoms with Crippen molar-refractivity contribution in [2.45, 2.75) is 0 Å². The van der Waals surface area contributed by atoms with Gasteiger partial charge in [0, 0.05) is 0 Å². The third-order valence-corrected chi connectivity index (χ3v) is 1.38. The number of hydrogen-bond acceptors (Lipinski definition) is 4. The lowest BCUT2D eigenvalue weighted by atomic mass is 10.1. The summed E-state index contributed by atoms with van der Waals surface area (Å²) in [6.07, 6.45) is 0. The van der Waals surface area contributed by atoms with Crippen LogP contribution in [0.4, 0.5) is 0 Å². The fraction of sp³-hybridized carbons (Fsp3) is 0. The molecule has 0 spiro atoms. The van der Waals surface area contributed by atoms with E-state index >= 15 is 0 Å². The largest absolute Gasteiger partial charge is 0.761 e. The van der Waals surface area contributed by atoms with E-state index in [0.29, 0.717) is 0 Å². The molecule has 0 aromatic carbocycles. The monoisotopic (exact) mass is 166 g/mol. The molecule has 0 aliphatic carbocycles. The quantitative estimate of drug-likeness (QED) is 0.487. The second-order valence-electron chi connectivity index (χ2n) is 2.01. The average Bonchev–Trinajstić information content (AvgIpc) is 2.54. The molecule has 5 nitrogen and oxygen atoms in total. The zero-order chi connectivity index (χ0) is 9.84. The van der Waals surface area contributed by atoms with Gasteiger partial charge in [-0.05, 0) is 0 Å². The first-order valence-electron chi connectivity index (χ1n) is 3.09. The molecule has 0 saturated carbocycles. The van der Waals surface area contributed by atoms with Crippen molar-refractivity contribution in [2.75, 3.05) is 0 Å². The predicted octanol–water partition coefficient (Wildman–Crippen LogP) is 0.431. The first kappa shape index (κ1) is 8.43. The van der Waals surface area contributed by atoms with E-state index in [4.69, 9.17) is 21.2 Å². The lowest BCUT2D eigenvalue weighted by Gasteiger charge is -1.87. The Labute approximate surface area is 73.7 Å². The lowest BCUT2D eigenvalue weighted by Crippen LogP contribution is -1.93. The SMILES string of the molecule is N#CC1=NC(=C=[N-])C(C#N)=C1C#N. The van der Waals surface area contributed by atoms with E-state index in [0.717, 1.165) is 0 Å². The molecule has 5 heteroatoms. The lowest BCUT2D eigenvalue weighted by molar-refractivity contribution is 1.41. The van der Waals surface area contributed by atoms with Gasteiger partial charge in [0.05, 0.1) is 0 Å². The predicted molar refractivity (Wildman–Crippen MR) is 43.2 cm³/mol. The summed E-state index contributed by atoms with van der Waals surface area (Å²) in [6, 6.07) is 4.96. The van der Waals surface area contributed by atoms with Crippen LogP contribution in [0.3, 0.4) is 0 Å². The minimum absolute atomic E-state index is 0.124. The second kappa shape index (κ2) is 3.15. The zero-order valence-corrected chi connectivity index (χ0v) is 6.24. The molecular weight excluding hydrogens is 166 g/mol. The van der Waals surface area contributed by atoms with Gasteiger partial charge in [-0.3, -0.25) is 0 Å². The molecule has 0 N–H and O–H groups in total. The molecule has 0 aromatic rings. The van der Waals surface area contributed by atoms with Gasteiger partial charge in [-0.1, -0.05) is 0 Å². The summed E-state index contributed by atoms with van der Waals surface area (Å²) in [5, 5.41) is 34.1. The van der Waals surface area contributed by atoms with Crippen molar-refractivity contribution in [2.24, 2.45) is 4.99 Å². The molecule has 0 amide bonds. The van der Waals surface area contributed by atoms with Crippen LogP contribution in [0.25, 0.3) is 5.41 Å². The van der Waals surface area contributed by atoms with Gasteiger partial charge in [0.1, 0.15) is 35.1 Å². The van der Waals surface area contributed by atoms with Crippen LogP contribution >= 0.6 is 0 Å². The highest BCUT2D eigenvalue weighted by Crippen LogP contribution is 2.21.